The van der Waals surface area contributed by atoms with Gasteiger partial charge < -0.3 is 9.16 Å². The Bertz CT molecular complexity index is 569. The van der Waals surface area contributed by atoms with E-state index in [0.717, 1.165) is 5.56 Å². The largest absolute Gasteiger partial charge is 0.516 e. The molecule has 2 atom stereocenters. The fourth-order valence-electron chi connectivity index (χ4n) is 1.57. The summed E-state index contributed by atoms with van der Waals surface area (Å²) in [4.78, 5) is 12.1. The predicted molar refractivity (Wildman–Crippen MR) is 84.9 cm³/mol. The lowest BCUT2D eigenvalue weighted by Gasteiger charge is -2.26. The molecule has 0 aliphatic rings. The lowest BCUT2D eigenvalue weighted by molar-refractivity contribution is -0.142. The van der Waals surface area contributed by atoms with Gasteiger partial charge in [0.25, 0.3) is 8.32 Å². The first-order valence-electron chi connectivity index (χ1n) is 6.72. The van der Waals surface area contributed by atoms with Gasteiger partial charge in [-0.05, 0) is 57.6 Å². The van der Waals surface area contributed by atoms with Crippen molar-refractivity contribution >= 4 is 25.9 Å². The molecule has 0 bridgehead atoms. The number of carbonyl (C=O) groups is 1. The third kappa shape index (κ3) is 4.76. The second-order valence-corrected chi connectivity index (χ2v) is 10.3. The van der Waals surface area contributed by atoms with Crippen LogP contribution in [0.25, 0.3) is 0 Å². The van der Waals surface area contributed by atoms with Crippen molar-refractivity contribution in [1.29, 1.82) is 5.26 Å². The predicted octanol–water partition coefficient (Wildman–Crippen LogP) is 4.08. The molecule has 6 heteroatoms. The molecule has 0 amide bonds. The minimum atomic E-state index is -2.38. The summed E-state index contributed by atoms with van der Waals surface area (Å²) in [7, 11) is -2.38. The van der Waals surface area contributed by atoms with Gasteiger partial charge in [0.2, 0.25) is 0 Å². The van der Waals surface area contributed by atoms with Crippen molar-refractivity contribution in [3.63, 3.8) is 0 Å². The lowest BCUT2D eigenvalue weighted by atomic mass is 10.2. The number of carbonyl (C=O) groups excluding carboxylic acids is 1. The highest BCUT2D eigenvalue weighted by Crippen LogP contribution is 2.25. The third-order valence-electron chi connectivity index (χ3n) is 3.37. The van der Waals surface area contributed by atoms with Gasteiger partial charge in [-0.1, -0.05) is 11.6 Å². The Hall–Kier alpha value is -1.51. The van der Waals surface area contributed by atoms with Crippen LogP contribution in [0, 0.1) is 18.3 Å². The zero-order chi connectivity index (χ0) is 16.2. The first-order valence-corrected chi connectivity index (χ1v) is 10.1. The van der Waals surface area contributed by atoms with E-state index in [1.165, 1.54) is 0 Å². The molecule has 2 unspecified atom stereocenters. The number of halogens is 1. The molecule has 21 heavy (non-hydrogen) atoms. The van der Waals surface area contributed by atoms with Crippen LogP contribution in [0.5, 0.6) is 5.75 Å². The maximum atomic E-state index is 12.1. The molecule has 0 aromatic heterocycles. The van der Waals surface area contributed by atoms with E-state index in [2.05, 4.69) is 6.07 Å². The van der Waals surface area contributed by atoms with Crippen LogP contribution in [0.3, 0.4) is 0 Å². The van der Waals surface area contributed by atoms with E-state index in [4.69, 9.17) is 26.0 Å². The summed E-state index contributed by atoms with van der Waals surface area (Å²) in [6.45, 7) is 8.96. The molecule has 0 fully saturated rings. The standard InChI is InChI=1S/C15H20ClNO3Si/c1-10-8-13(16)6-7-14(10)19-12(3)15(18)20-21(4,5)11(2)9-17/h6-8,11-12H,1-5H3. The van der Waals surface area contributed by atoms with Gasteiger partial charge in [-0.3, -0.25) is 0 Å². The van der Waals surface area contributed by atoms with Crippen molar-refractivity contribution in [1.82, 2.24) is 0 Å². The van der Waals surface area contributed by atoms with E-state index in [1.54, 1.807) is 32.0 Å². The first-order chi connectivity index (χ1) is 9.67. The summed E-state index contributed by atoms with van der Waals surface area (Å²) in [5.74, 6) is 0.153. The fourth-order valence-corrected chi connectivity index (χ4v) is 2.97. The van der Waals surface area contributed by atoms with Crippen molar-refractivity contribution in [2.24, 2.45) is 0 Å². The van der Waals surface area contributed by atoms with Gasteiger partial charge >= 0.3 is 5.97 Å². The number of rotatable bonds is 5. The van der Waals surface area contributed by atoms with E-state index < -0.39 is 20.4 Å². The molecule has 0 N–H and O–H groups in total. The van der Waals surface area contributed by atoms with Crippen molar-refractivity contribution < 1.29 is 14.0 Å². The van der Waals surface area contributed by atoms with Crippen LogP contribution in [0.1, 0.15) is 19.4 Å². The maximum absolute atomic E-state index is 12.1. The molecule has 0 aliphatic heterocycles. The van der Waals surface area contributed by atoms with Gasteiger partial charge in [0.1, 0.15) is 5.75 Å². The van der Waals surface area contributed by atoms with E-state index >= 15 is 0 Å². The Labute approximate surface area is 131 Å². The molecule has 0 spiro atoms. The number of hydrogen-bond acceptors (Lipinski definition) is 4. The average molecular weight is 326 g/mol. The molecular formula is C15H20ClNO3Si. The zero-order valence-electron chi connectivity index (χ0n) is 12.9. The van der Waals surface area contributed by atoms with Crippen LogP contribution in [0.15, 0.2) is 18.2 Å². The SMILES string of the molecule is Cc1cc(Cl)ccc1OC(C)C(=O)O[Si](C)(C)C(C)C#N. The number of nitriles is 1. The monoisotopic (exact) mass is 325 g/mol. The van der Waals surface area contributed by atoms with Crippen molar-refractivity contribution in [3.8, 4) is 11.8 Å². The Morgan fingerprint density at radius 1 is 1.38 bits per heavy atom. The van der Waals surface area contributed by atoms with Gasteiger partial charge in [0.15, 0.2) is 6.10 Å². The summed E-state index contributed by atoms with van der Waals surface area (Å²) < 4.78 is 11.1. The van der Waals surface area contributed by atoms with E-state index in [-0.39, 0.29) is 5.54 Å². The van der Waals surface area contributed by atoms with Crippen LogP contribution in [0.2, 0.25) is 23.7 Å². The van der Waals surface area contributed by atoms with E-state index in [1.807, 2.05) is 20.0 Å². The van der Waals surface area contributed by atoms with Gasteiger partial charge in [-0.25, -0.2) is 4.79 Å². The smallest absolute Gasteiger partial charge is 0.333 e. The van der Waals surface area contributed by atoms with Gasteiger partial charge in [0.05, 0.1) is 11.6 Å². The topological polar surface area (TPSA) is 59.3 Å². The Morgan fingerprint density at radius 3 is 2.52 bits per heavy atom. The highest BCUT2D eigenvalue weighted by molar-refractivity contribution is 6.74. The van der Waals surface area contributed by atoms with Crippen LogP contribution >= 0.6 is 11.6 Å². The number of ether oxygens (including phenoxy) is 1. The van der Waals surface area contributed by atoms with Crippen molar-refractivity contribution in [2.75, 3.05) is 0 Å². The van der Waals surface area contributed by atoms with Crippen LogP contribution < -0.4 is 4.74 Å². The lowest BCUT2D eigenvalue weighted by Crippen LogP contribution is -2.41. The van der Waals surface area contributed by atoms with Crippen molar-refractivity contribution in [3.05, 3.63) is 28.8 Å². The molecule has 0 saturated heterocycles. The summed E-state index contributed by atoms with van der Waals surface area (Å²) in [6, 6.07) is 7.34. The Kier molecular flexibility index (Phi) is 5.82. The second-order valence-electron chi connectivity index (χ2n) is 5.55. The highest BCUT2D eigenvalue weighted by atomic mass is 35.5. The number of benzene rings is 1. The Morgan fingerprint density at radius 2 is 2.00 bits per heavy atom. The van der Waals surface area contributed by atoms with Crippen molar-refractivity contribution in [2.45, 2.75) is 45.5 Å². The van der Waals surface area contributed by atoms with Crippen LogP contribution in [-0.2, 0) is 9.22 Å². The maximum Gasteiger partial charge on any atom is 0.333 e. The average Bonchev–Trinajstić information content (AvgIpc) is 2.40. The third-order valence-corrected chi connectivity index (χ3v) is 6.55. The molecule has 4 nitrogen and oxygen atoms in total. The summed E-state index contributed by atoms with van der Waals surface area (Å²) in [6.07, 6.45) is -0.734. The number of nitrogens with zero attached hydrogens (tertiary/aromatic N) is 1. The summed E-state index contributed by atoms with van der Waals surface area (Å²) >= 11 is 5.88. The minimum Gasteiger partial charge on any atom is -0.516 e. The molecule has 114 valence electrons. The Balaban J connectivity index is 2.74. The quantitative estimate of drug-likeness (QED) is 0.765. The van der Waals surface area contributed by atoms with Crippen LogP contribution in [-0.4, -0.2) is 20.4 Å². The molecule has 1 aromatic rings. The molecular weight excluding hydrogens is 306 g/mol. The van der Waals surface area contributed by atoms with Gasteiger partial charge in [-0.2, -0.15) is 5.26 Å². The molecule has 1 aromatic carbocycles. The fraction of sp³-hybridized carbons (Fsp3) is 0.467. The second kappa shape index (κ2) is 6.97. The highest BCUT2D eigenvalue weighted by Gasteiger charge is 2.36. The molecule has 0 saturated carbocycles. The van der Waals surface area contributed by atoms with Gasteiger partial charge in [0, 0.05) is 5.02 Å². The molecule has 1 rings (SSSR count). The summed E-state index contributed by atoms with van der Waals surface area (Å²) in [5, 5.41) is 9.59. The van der Waals surface area contributed by atoms with Crippen LogP contribution in [0.4, 0.5) is 0 Å². The normalized spacial score (nSPS) is 14.0. The molecule has 0 radical (unpaired) electrons. The van der Waals surface area contributed by atoms with E-state index in [0.29, 0.717) is 10.8 Å². The van der Waals surface area contributed by atoms with E-state index in [9.17, 15) is 4.79 Å². The molecule has 0 aliphatic carbocycles. The molecule has 0 heterocycles. The zero-order valence-corrected chi connectivity index (χ0v) is 14.7. The first kappa shape index (κ1) is 17.5. The summed E-state index contributed by atoms with van der Waals surface area (Å²) in [5.41, 5.74) is 0.579. The number of hydrogen-bond donors (Lipinski definition) is 0. The number of aryl methyl sites for hydroxylation is 1. The minimum absolute atomic E-state index is 0.272. The van der Waals surface area contributed by atoms with Gasteiger partial charge in [-0.15, -0.1) is 0 Å².